The maximum absolute atomic E-state index is 10.1. The lowest BCUT2D eigenvalue weighted by molar-refractivity contribution is -0.109. The second-order valence-corrected chi connectivity index (χ2v) is 2.79. The quantitative estimate of drug-likeness (QED) is 0.433. The average molecular weight is 191 g/mol. The van der Waals surface area contributed by atoms with E-state index in [1.54, 1.807) is 12.4 Å². The Morgan fingerprint density at radius 3 is 2.86 bits per heavy atom. The summed E-state index contributed by atoms with van der Waals surface area (Å²) in [6.07, 6.45) is 5.81. The van der Waals surface area contributed by atoms with Gasteiger partial charge in [0.05, 0.1) is 5.71 Å². The Bertz CT molecular complexity index is 308. The summed E-state index contributed by atoms with van der Waals surface area (Å²) in [5, 5.41) is 3.97. The molecule has 1 rings (SSSR count). The van der Waals surface area contributed by atoms with Crippen molar-refractivity contribution in [1.82, 2.24) is 10.4 Å². The van der Waals surface area contributed by atoms with E-state index in [1.807, 2.05) is 12.1 Å². The molecule has 0 aliphatic heterocycles. The fraction of sp³-hybridized carbons (Fsp3) is 0.300. The first-order chi connectivity index (χ1) is 6.88. The van der Waals surface area contributed by atoms with Gasteiger partial charge in [-0.1, -0.05) is 13.3 Å². The molecule has 1 N–H and O–H groups in total. The number of carbonyl (C=O) groups excluding carboxylic acids is 1. The largest absolute Gasteiger partial charge is 0.277 e. The molecule has 0 unspecified atom stereocenters. The first-order valence-corrected chi connectivity index (χ1v) is 4.54. The number of amides is 1. The van der Waals surface area contributed by atoms with E-state index in [-0.39, 0.29) is 0 Å². The number of carbonyl (C=O) groups is 1. The molecule has 0 bridgehead atoms. The van der Waals surface area contributed by atoms with Crippen LogP contribution in [0.5, 0.6) is 0 Å². The molecule has 0 fully saturated rings. The van der Waals surface area contributed by atoms with Crippen LogP contribution in [0.15, 0.2) is 29.6 Å². The normalized spacial score (nSPS) is 11.1. The van der Waals surface area contributed by atoms with E-state index >= 15 is 0 Å². The summed E-state index contributed by atoms with van der Waals surface area (Å²) >= 11 is 0. The molecule has 0 radical (unpaired) electrons. The Kier molecular flexibility index (Phi) is 4.34. The number of nitrogens with zero attached hydrogens (tertiary/aromatic N) is 2. The van der Waals surface area contributed by atoms with Gasteiger partial charge in [0, 0.05) is 18.0 Å². The fourth-order valence-electron chi connectivity index (χ4n) is 1.15. The van der Waals surface area contributed by atoms with Gasteiger partial charge < -0.3 is 0 Å². The molecule has 0 atom stereocenters. The van der Waals surface area contributed by atoms with Crippen LogP contribution in [-0.2, 0) is 4.79 Å². The predicted octanol–water partition coefficient (Wildman–Crippen LogP) is 1.33. The van der Waals surface area contributed by atoms with E-state index in [0.29, 0.717) is 6.41 Å². The van der Waals surface area contributed by atoms with E-state index in [0.717, 1.165) is 24.1 Å². The molecule has 1 aromatic heterocycles. The van der Waals surface area contributed by atoms with Gasteiger partial charge in [-0.3, -0.25) is 9.78 Å². The van der Waals surface area contributed by atoms with E-state index in [2.05, 4.69) is 22.4 Å². The first kappa shape index (κ1) is 10.4. The van der Waals surface area contributed by atoms with Crippen LogP contribution in [0.2, 0.25) is 0 Å². The molecule has 1 heterocycles. The molecule has 14 heavy (non-hydrogen) atoms. The molecule has 0 aromatic carbocycles. The van der Waals surface area contributed by atoms with Crippen molar-refractivity contribution in [2.45, 2.75) is 19.8 Å². The summed E-state index contributed by atoms with van der Waals surface area (Å²) < 4.78 is 0. The average Bonchev–Trinajstić information content (AvgIpc) is 2.25. The molecular formula is C10H13N3O. The minimum absolute atomic E-state index is 0.566. The van der Waals surface area contributed by atoms with Crippen LogP contribution in [0, 0.1) is 0 Å². The van der Waals surface area contributed by atoms with Gasteiger partial charge in [0.2, 0.25) is 6.41 Å². The number of nitrogens with one attached hydrogen (secondary N) is 1. The minimum atomic E-state index is 0.566. The molecule has 0 saturated heterocycles. The Morgan fingerprint density at radius 2 is 2.29 bits per heavy atom. The molecule has 74 valence electrons. The van der Waals surface area contributed by atoms with Crippen LogP contribution >= 0.6 is 0 Å². The molecule has 1 aromatic rings. The maximum atomic E-state index is 10.1. The Hall–Kier alpha value is -1.71. The molecule has 0 aliphatic carbocycles. The summed E-state index contributed by atoms with van der Waals surface area (Å²) in [7, 11) is 0. The van der Waals surface area contributed by atoms with E-state index in [4.69, 9.17) is 0 Å². The summed E-state index contributed by atoms with van der Waals surface area (Å²) in [6.45, 7) is 2.07. The standard InChI is InChI=1S/C10H13N3O/c1-2-3-10(13-12-8-14)9-4-6-11-7-5-9/h4-8H,2-3H2,1H3,(H,12,14). The zero-order valence-corrected chi connectivity index (χ0v) is 8.10. The highest BCUT2D eigenvalue weighted by molar-refractivity contribution is 6.00. The van der Waals surface area contributed by atoms with Gasteiger partial charge in [-0.25, -0.2) is 5.43 Å². The lowest BCUT2D eigenvalue weighted by atomic mass is 10.1. The van der Waals surface area contributed by atoms with Crippen LogP contribution in [0.25, 0.3) is 0 Å². The van der Waals surface area contributed by atoms with E-state index in [1.165, 1.54) is 0 Å². The Labute approximate surface area is 83.1 Å². The molecule has 0 aliphatic rings. The second kappa shape index (κ2) is 5.85. The van der Waals surface area contributed by atoms with Gasteiger partial charge in [-0.2, -0.15) is 5.10 Å². The van der Waals surface area contributed by atoms with Crippen molar-refractivity contribution in [3.8, 4) is 0 Å². The number of hydrogen-bond donors (Lipinski definition) is 1. The highest BCUT2D eigenvalue weighted by Crippen LogP contribution is 2.04. The minimum Gasteiger partial charge on any atom is -0.277 e. The van der Waals surface area contributed by atoms with Crippen molar-refractivity contribution in [3.05, 3.63) is 30.1 Å². The lowest BCUT2D eigenvalue weighted by Crippen LogP contribution is -2.09. The number of hydrogen-bond acceptors (Lipinski definition) is 3. The zero-order valence-electron chi connectivity index (χ0n) is 8.10. The van der Waals surface area contributed by atoms with Gasteiger partial charge in [-0.05, 0) is 18.6 Å². The third-order valence-electron chi connectivity index (χ3n) is 1.75. The first-order valence-electron chi connectivity index (χ1n) is 4.54. The number of hydrazone groups is 1. The summed E-state index contributed by atoms with van der Waals surface area (Å²) in [5.74, 6) is 0. The van der Waals surface area contributed by atoms with Crippen LogP contribution in [-0.4, -0.2) is 17.1 Å². The van der Waals surface area contributed by atoms with Crippen molar-refractivity contribution in [3.63, 3.8) is 0 Å². The molecule has 1 amide bonds. The van der Waals surface area contributed by atoms with Crippen LogP contribution in [0.3, 0.4) is 0 Å². The fourth-order valence-corrected chi connectivity index (χ4v) is 1.15. The van der Waals surface area contributed by atoms with Crippen molar-refractivity contribution in [2.75, 3.05) is 0 Å². The predicted molar refractivity (Wildman–Crippen MR) is 54.9 cm³/mol. The summed E-state index contributed by atoms with van der Waals surface area (Å²) in [4.78, 5) is 14.0. The molecular weight excluding hydrogens is 178 g/mol. The lowest BCUT2D eigenvalue weighted by Gasteiger charge is -2.03. The molecule has 4 nitrogen and oxygen atoms in total. The van der Waals surface area contributed by atoms with Gasteiger partial charge in [-0.15, -0.1) is 0 Å². The van der Waals surface area contributed by atoms with E-state index < -0.39 is 0 Å². The molecule has 0 spiro atoms. The number of rotatable bonds is 5. The van der Waals surface area contributed by atoms with Crippen LogP contribution < -0.4 is 5.43 Å². The van der Waals surface area contributed by atoms with Gasteiger partial charge in [0.1, 0.15) is 0 Å². The van der Waals surface area contributed by atoms with Crippen molar-refractivity contribution < 1.29 is 4.79 Å². The Morgan fingerprint density at radius 1 is 1.57 bits per heavy atom. The van der Waals surface area contributed by atoms with Gasteiger partial charge in [0.15, 0.2) is 0 Å². The Balaban J connectivity index is 2.82. The van der Waals surface area contributed by atoms with Crippen molar-refractivity contribution in [1.29, 1.82) is 0 Å². The molecule has 4 heteroatoms. The zero-order chi connectivity index (χ0) is 10.2. The van der Waals surface area contributed by atoms with Crippen molar-refractivity contribution in [2.24, 2.45) is 5.10 Å². The van der Waals surface area contributed by atoms with Crippen LogP contribution in [0.1, 0.15) is 25.3 Å². The maximum Gasteiger partial charge on any atom is 0.227 e. The topological polar surface area (TPSA) is 54.4 Å². The second-order valence-electron chi connectivity index (χ2n) is 2.79. The third kappa shape index (κ3) is 2.97. The summed E-state index contributed by atoms with van der Waals surface area (Å²) in [5.41, 5.74) is 4.19. The third-order valence-corrected chi connectivity index (χ3v) is 1.75. The number of pyridine rings is 1. The highest BCUT2D eigenvalue weighted by Gasteiger charge is 2.01. The smallest absolute Gasteiger partial charge is 0.227 e. The van der Waals surface area contributed by atoms with Crippen molar-refractivity contribution >= 4 is 12.1 Å². The SMILES string of the molecule is CCCC(=NNC=O)c1ccncc1. The van der Waals surface area contributed by atoms with Gasteiger partial charge >= 0.3 is 0 Å². The monoisotopic (exact) mass is 191 g/mol. The van der Waals surface area contributed by atoms with Crippen LogP contribution in [0.4, 0.5) is 0 Å². The van der Waals surface area contributed by atoms with E-state index in [9.17, 15) is 4.79 Å². The summed E-state index contributed by atoms with van der Waals surface area (Å²) in [6, 6.07) is 3.75. The molecule has 0 saturated carbocycles. The highest BCUT2D eigenvalue weighted by atomic mass is 16.1. The number of aromatic nitrogens is 1. The van der Waals surface area contributed by atoms with Gasteiger partial charge in [0.25, 0.3) is 0 Å².